The third kappa shape index (κ3) is 4.45. The van der Waals surface area contributed by atoms with E-state index in [4.69, 9.17) is 5.11 Å². The fourth-order valence-corrected chi connectivity index (χ4v) is 2.13. The van der Waals surface area contributed by atoms with Crippen LogP contribution in [0.1, 0.15) is 32.4 Å². The molecule has 1 aromatic rings. The molecule has 0 aliphatic carbocycles. The normalized spacial score (nSPS) is 13.0. The first-order valence-electron chi connectivity index (χ1n) is 6.34. The third-order valence-corrected chi connectivity index (χ3v) is 3.06. The van der Waals surface area contributed by atoms with Crippen LogP contribution in [0, 0.1) is 0 Å². The highest BCUT2D eigenvalue weighted by Crippen LogP contribution is 2.31. The summed E-state index contributed by atoms with van der Waals surface area (Å²) in [6, 6.07) is 6.05. The molecule has 4 nitrogen and oxygen atoms in total. The lowest BCUT2D eigenvalue weighted by Crippen LogP contribution is -2.37. The van der Waals surface area contributed by atoms with Gasteiger partial charge in [0.25, 0.3) is 0 Å². The van der Waals surface area contributed by atoms with Gasteiger partial charge in [-0.15, -0.1) is 0 Å². The number of carbonyl (C=O) groups is 1. The first-order chi connectivity index (χ1) is 9.32. The molecule has 1 rings (SSSR count). The highest BCUT2D eigenvalue weighted by molar-refractivity contribution is 5.69. The average molecular weight is 287 g/mol. The molecule has 112 valence electrons. The molecule has 0 radical (unpaired) electrons. The van der Waals surface area contributed by atoms with Gasteiger partial charge < -0.3 is 9.84 Å². The van der Waals surface area contributed by atoms with Crippen molar-refractivity contribution < 1.29 is 23.4 Å². The van der Waals surface area contributed by atoms with Crippen LogP contribution in [0.25, 0.3) is 0 Å². The number of halogens is 2. The molecular weight excluding hydrogens is 268 g/mol. The Bertz CT molecular complexity index is 452. The van der Waals surface area contributed by atoms with Crippen molar-refractivity contribution in [3.05, 3.63) is 29.8 Å². The lowest BCUT2D eigenvalue weighted by atomic mass is 10.0. The van der Waals surface area contributed by atoms with E-state index in [1.165, 1.54) is 6.07 Å². The molecule has 0 spiro atoms. The maximum Gasteiger partial charge on any atom is 0.387 e. The lowest BCUT2D eigenvalue weighted by Gasteiger charge is -2.32. The second kappa shape index (κ2) is 7.19. The molecule has 0 saturated heterocycles. The molecule has 0 heterocycles. The quantitative estimate of drug-likeness (QED) is 0.837. The van der Waals surface area contributed by atoms with E-state index in [1.54, 1.807) is 30.0 Å². The van der Waals surface area contributed by atoms with Gasteiger partial charge in [0.2, 0.25) is 0 Å². The Morgan fingerprint density at radius 3 is 2.40 bits per heavy atom. The summed E-state index contributed by atoms with van der Waals surface area (Å²) in [5.74, 6) is -0.885. The Morgan fingerprint density at radius 1 is 1.30 bits per heavy atom. The first-order valence-corrected chi connectivity index (χ1v) is 6.34. The van der Waals surface area contributed by atoms with Gasteiger partial charge in [0, 0.05) is 17.6 Å². The summed E-state index contributed by atoms with van der Waals surface area (Å²) in [5, 5.41) is 8.95. The number of alkyl halides is 2. The Kier molecular flexibility index (Phi) is 5.88. The fraction of sp³-hybridized carbons (Fsp3) is 0.500. The first kappa shape index (κ1) is 16.4. The van der Waals surface area contributed by atoms with E-state index in [2.05, 4.69) is 4.74 Å². The highest BCUT2D eigenvalue weighted by atomic mass is 19.3. The fourth-order valence-electron chi connectivity index (χ4n) is 2.13. The maximum atomic E-state index is 12.4. The van der Waals surface area contributed by atoms with Crippen LogP contribution >= 0.6 is 0 Å². The molecule has 1 atom stereocenters. The van der Waals surface area contributed by atoms with Crippen LogP contribution in [0.5, 0.6) is 5.75 Å². The van der Waals surface area contributed by atoms with Crippen LogP contribution in [0.2, 0.25) is 0 Å². The standard InChI is InChI=1S/C14H19F2NO3/c1-9(2)17(8-13(18)19)10(3)11-6-4-5-7-12(11)20-14(15)16/h4-7,9-10,14H,8H2,1-3H3,(H,18,19). The Hall–Kier alpha value is -1.69. The van der Waals surface area contributed by atoms with E-state index >= 15 is 0 Å². The van der Waals surface area contributed by atoms with Gasteiger partial charge >= 0.3 is 12.6 Å². The van der Waals surface area contributed by atoms with Gasteiger partial charge in [-0.1, -0.05) is 18.2 Å². The molecule has 1 N–H and O–H groups in total. The molecule has 1 aromatic carbocycles. The minimum atomic E-state index is -2.91. The van der Waals surface area contributed by atoms with E-state index in [0.717, 1.165) is 0 Å². The van der Waals surface area contributed by atoms with E-state index in [9.17, 15) is 13.6 Å². The summed E-state index contributed by atoms with van der Waals surface area (Å²) in [4.78, 5) is 12.6. The summed E-state index contributed by atoms with van der Waals surface area (Å²) in [6.07, 6.45) is 0. The number of rotatable bonds is 7. The van der Waals surface area contributed by atoms with E-state index in [-0.39, 0.29) is 24.4 Å². The second-order valence-corrected chi connectivity index (χ2v) is 4.75. The number of carboxylic acids is 1. The Morgan fingerprint density at radius 2 is 1.90 bits per heavy atom. The molecular formula is C14H19F2NO3. The Balaban J connectivity index is 3.04. The van der Waals surface area contributed by atoms with Crippen LogP contribution in [0.15, 0.2) is 24.3 Å². The smallest absolute Gasteiger partial charge is 0.387 e. The highest BCUT2D eigenvalue weighted by Gasteiger charge is 2.24. The summed E-state index contributed by atoms with van der Waals surface area (Å²) >= 11 is 0. The van der Waals surface area contributed by atoms with E-state index in [0.29, 0.717) is 5.56 Å². The van der Waals surface area contributed by atoms with Crippen molar-refractivity contribution in [2.75, 3.05) is 6.54 Å². The Labute approximate surface area is 117 Å². The summed E-state index contributed by atoms with van der Waals surface area (Å²) in [7, 11) is 0. The van der Waals surface area contributed by atoms with Crippen LogP contribution < -0.4 is 4.74 Å². The van der Waals surface area contributed by atoms with Gasteiger partial charge in [-0.25, -0.2) is 0 Å². The van der Waals surface area contributed by atoms with Crippen molar-refractivity contribution in [2.24, 2.45) is 0 Å². The molecule has 0 aromatic heterocycles. The van der Waals surface area contributed by atoms with E-state index < -0.39 is 12.6 Å². The van der Waals surface area contributed by atoms with Gasteiger partial charge in [-0.2, -0.15) is 8.78 Å². The monoisotopic (exact) mass is 287 g/mol. The predicted octanol–water partition coefficient (Wildman–Crippen LogP) is 3.14. The van der Waals surface area contributed by atoms with Crippen molar-refractivity contribution in [3.8, 4) is 5.75 Å². The van der Waals surface area contributed by atoms with Crippen LogP contribution in [0.4, 0.5) is 8.78 Å². The molecule has 0 amide bonds. The molecule has 0 bridgehead atoms. The minimum Gasteiger partial charge on any atom is -0.480 e. The van der Waals surface area contributed by atoms with Crippen molar-refractivity contribution in [2.45, 2.75) is 39.5 Å². The number of hydrogen-bond acceptors (Lipinski definition) is 3. The SMILES string of the molecule is CC(C)N(CC(=O)O)C(C)c1ccccc1OC(F)F. The van der Waals surface area contributed by atoms with Crippen molar-refractivity contribution in [3.63, 3.8) is 0 Å². The molecule has 0 fully saturated rings. The number of nitrogens with zero attached hydrogens (tertiary/aromatic N) is 1. The van der Waals surface area contributed by atoms with Gasteiger partial charge in [0.1, 0.15) is 5.75 Å². The zero-order chi connectivity index (χ0) is 15.3. The van der Waals surface area contributed by atoms with Crippen LogP contribution in [-0.4, -0.2) is 35.2 Å². The van der Waals surface area contributed by atoms with Gasteiger partial charge in [-0.3, -0.25) is 9.69 Å². The number of benzene rings is 1. The van der Waals surface area contributed by atoms with Gasteiger partial charge in [0.05, 0.1) is 6.54 Å². The minimum absolute atomic E-state index is 0.0410. The zero-order valence-corrected chi connectivity index (χ0v) is 11.7. The van der Waals surface area contributed by atoms with Crippen molar-refractivity contribution in [1.82, 2.24) is 4.90 Å². The largest absolute Gasteiger partial charge is 0.480 e. The van der Waals surface area contributed by atoms with Gasteiger partial charge in [0.15, 0.2) is 0 Å². The van der Waals surface area contributed by atoms with Gasteiger partial charge in [-0.05, 0) is 26.8 Å². The molecule has 0 aliphatic rings. The average Bonchev–Trinajstić information content (AvgIpc) is 2.34. The summed E-state index contributed by atoms with van der Waals surface area (Å²) in [5.41, 5.74) is 0.544. The molecule has 6 heteroatoms. The lowest BCUT2D eigenvalue weighted by molar-refractivity contribution is -0.139. The number of carboxylic acid groups (broad SMARTS) is 1. The molecule has 20 heavy (non-hydrogen) atoms. The van der Waals surface area contributed by atoms with Crippen LogP contribution in [-0.2, 0) is 4.79 Å². The van der Waals surface area contributed by atoms with Crippen molar-refractivity contribution in [1.29, 1.82) is 0 Å². The topological polar surface area (TPSA) is 49.8 Å². The second-order valence-electron chi connectivity index (χ2n) is 4.75. The van der Waals surface area contributed by atoms with Crippen LogP contribution in [0.3, 0.4) is 0 Å². The molecule has 1 unspecified atom stereocenters. The predicted molar refractivity (Wildman–Crippen MR) is 71.0 cm³/mol. The molecule has 0 aliphatic heterocycles. The number of ether oxygens (including phenoxy) is 1. The maximum absolute atomic E-state index is 12.4. The number of aliphatic carboxylic acids is 1. The number of hydrogen-bond donors (Lipinski definition) is 1. The summed E-state index contributed by atoms with van der Waals surface area (Å²) in [6.45, 7) is 2.42. The zero-order valence-electron chi connectivity index (χ0n) is 11.7. The number of para-hydroxylation sites is 1. The van der Waals surface area contributed by atoms with E-state index in [1.807, 2.05) is 13.8 Å². The van der Waals surface area contributed by atoms with Crippen molar-refractivity contribution >= 4 is 5.97 Å². The third-order valence-electron chi connectivity index (χ3n) is 3.06. The summed E-state index contributed by atoms with van der Waals surface area (Å²) < 4.78 is 29.3. The molecule has 0 saturated carbocycles.